The van der Waals surface area contributed by atoms with Crippen molar-refractivity contribution in [3.63, 3.8) is 0 Å². The lowest BCUT2D eigenvalue weighted by atomic mass is 9.92. The van der Waals surface area contributed by atoms with E-state index in [1.165, 1.54) is 74.5 Å². The second-order valence-corrected chi connectivity index (χ2v) is 42.9. The van der Waals surface area contributed by atoms with Gasteiger partial charge in [0.2, 0.25) is 11.8 Å². The Morgan fingerprint density at radius 1 is 0.391 bits per heavy atom. The first kappa shape index (κ1) is 118. The maximum atomic E-state index is 13.0. The number of rotatable bonds is 14. The second-order valence-electron chi connectivity index (χ2n) is 41.2. The van der Waals surface area contributed by atoms with E-state index >= 15 is 0 Å². The average Bonchev–Trinajstić information content (AvgIpc) is 0.795. The number of nitrogens with two attached hydrogens (primary N) is 1. The van der Waals surface area contributed by atoms with Crippen LogP contribution in [0.5, 0.6) is 0 Å². The van der Waals surface area contributed by atoms with Crippen molar-refractivity contribution in [1.82, 2.24) is 39.6 Å². The number of hydrogen-bond acceptors (Lipinski definition) is 22. The Morgan fingerprint density at radius 2 is 0.688 bits per heavy atom. The van der Waals surface area contributed by atoms with Gasteiger partial charge in [-0.2, -0.15) is 0 Å². The number of carbonyl (C=O) groups excluding carboxylic acids is 11. The Balaban J connectivity index is 0.000000294. The van der Waals surface area contributed by atoms with Crippen molar-refractivity contribution < 1.29 is 101 Å². The van der Waals surface area contributed by atoms with Gasteiger partial charge in [0.25, 0.3) is 0 Å². The zero-order valence-electron chi connectivity index (χ0n) is 85.3. The number of nitrogens with one attached hydrogen (secondary N) is 1. The topological polar surface area (TPSA) is 360 Å². The predicted molar refractivity (Wildman–Crippen MR) is 539 cm³/mol. The zero-order valence-corrected chi connectivity index (χ0v) is 89.3. The van der Waals surface area contributed by atoms with E-state index in [0.29, 0.717) is 83.7 Å². The molecule has 33 heteroatoms. The third-order valence-corrected chi connectivity index (χ3v) is 23.5. The molecular weight excluding hydrogens is 1920 g/mol. The number of aliphatic carboxylic acids is 1. The van der Waals surface area contributed by atoms with Crippen LogP contribution in [0.2, 0.25) is 0 Å². The number of nitrogens with zero attached hydrogens (tertiary/aromatic N) is 7. The summed E-state index contributed by atoms with van der Waals surface area (Å²) in [5.41, 5.74) is 18.8. The van der Waals surface area contributed by atoms with Gasteiger partial charge in [-0.05, 0) is 257 Å². The van der Waals surface area contributed by atoms with Crippen LogP contribution < -0.4 is 11.1 Å². The Kier molecular flexibility index (Phi) is 45.3. The number of hydrogen-bond donors (Lipinski definition) is 3. The number of benzene rings is 6. The molecule has 0 bridgehead atoms. The Hall–Kier alpha value is -10.7. The number of carboxylic acids is 1. The number of carboxylic acid groups (broad SMARTS) is 1. The molecule has 4 N–H and O–H groups in total. The fourth-order valence-electron chi connectivity index (χ4n) is 15.4. The number of halogens is 3. The molecule has 12 rings (SSSR count). The van der Waals surface area contributed by atoms with Gasteiger partial charge in [-0.25, -0.2) is 24.0 Å². The lowest BCUT2D eigenvalue weighted by molar-refractivity contribution is -0.150. The van der Waals surface area contributed by atoms with E-state index in [-0.39, 0.29) is 99.3 Å². The molecule has 6 aliphatic rings. The molecule has 0 aliphatic carbocycles. The zero-order chi connectivity index (χ0) is 102. The van der Waals surface area contributed by atoms with Crippen LogP contribution in [-0.2, 0) is 164 Å². The van der Waals surface area contributed by atoms with Crippen molar-refractivity contribution >= 4 is 117 Å². The highest BCUT2D eigenvalue weighted by atomic mass is 79.9. The molecule has 0 saturated carbocycles. The largest absolute Gasteiger partial charge is 0.480 e. The minimum atomic E-state index is -1.05. The van der Waals surface area contributed by atoms with Crippen LogP contribution in [0, 0.1) is 10.8 Å². The molecule has 0 unspecified atom stereocenters. The highest BCUT2D eigenvalue weighted by molar-refractivity contribution is 9.10. The fraction of sp³-hybridized carbons (Fsp3) is 0.543. The van der Waals surface area contributed by atoms with Gasteiger partial charge in [0, 0.05) is 110 Å². The second kappa shape index (κ2) is 53.1. The Morgan fingerprint density at radius 3 is 1.01 bits per heavy atom. The van der Waals surface area contributed by atoms with Gasteiger partial charge in [0.05, 0.1) is 34.4 Å². The predicted octanol–water partition coefficient (Wildman–Crippen LogP) is 18.6. The number of esters is 3. The summed E-state index contributed by atoms with van der Waals surface area (Å²) in [6.45, 7) is 46.3. The van der Waals surface area contributed by atoms with Gasteiger partial charge in [0.15, 0.2) is 0 Å². The molecule has 7 amide bonds. The fourth-order valence-corrected chi connectivity index (χ4v) is 16.5. The molecule has 30 nitrogen and oxygen atoms in total. The molecule has 0 aromatic heterocycles. The molecular formula is C105H148Br2ClN9O21. The maximum absolute atomic E-state index is 13.0. The molecule has 0 saturated heterocycles. The molecule has 138 heavy (non-hydrogen) atoms. The SMILES string of the molecule is Brc1cccc2c1CNCC2.CC(C)(C)OC(=O)N1CCc2cccc(Br)c2C1.CC(C)(C)OC(=O)N1CCc2cccc(C=O)c2C1.CC(C)(C)OC(=O)N1CCc2cccc(CN(CC(=O)O)C(=O)C(C)(C)C)c2C1.COC(=O)CCCc1cccc2c1CN(C(=O)OC(C)(C)C)CC2.COC(=O)CN.COC(=O)CN(Cc1cccc2c1CN(C(=O)OC(C)(C)C)CC2)C(=O)C(C)(C)C.Cl. The van der Waals surface area contributed by atoms with E-state index in [1.54, 1.807) is 51.3 Å². The first-order valence-electron chi connectivity index (χ1n) is 46.5. The van der Waals surface area contributed by atoms with Crippen molar-refractivity contribution in [1.29, 1.82) is 0 Å². The maximum Gasteiger partial charge on any atom is 0.410 e. The standard InChI is InChI=1S/C23H34N2O5.C22H32N2O5.C19H27NO4.C15H19NO3.C14H18BrNO2.C9H10BrN.C3H7NO2.ClH/c1-22(2,3)20(27)25(15-19(26)29-7)13-17-10-8-9-16-11-12-24(14-18(16)17)21(28)30-23(4,5)6;1-21(2,3)19(27)24(14-18(25)26)12-16-9-7-8-15-10-11-23(13-17(15)16)20(28)29-22(4,5)6;1-19(2,3)24-18(22)20-12-11-15-8-5-7-14(16(15)13-20)9-6-10-17(21)23-4;1-15(2,3)19-14(18)16-8-7-11-5-4-6-12(10-17)13(11)9-16;1-14(2,3)18-13(17)16-8-7-10-5-4-6-12(15)11(10)9-16;10-9-3-1-2-7-4-5-11-6-8(7)9;1-6-3(5)2-4;/h8-10H,11-15H2,1-7H3;7-9H,10-14H2,1-6H3,(H,25,26);5,7-8H,6,9-13H2,1-4H3;4-6,10H,7-9H2,1-3H3;4-6H,7-9H2,1-3H3;1-3,11H,4-6H2;2,4H2,1H3;1H. The van der Waals surface area contributed by atoms with Gasteiger partial charge < -0.3 is 88.4 Å². The van der Waals surface area contributed by atoms with Crippen molar-refractivity contribution in [2.75, 3.05) is 80.2 Å². The van der Waals surface area contributed by atoms with Gasteiger partial charge in [-0.1, -0.05) is 170 Å². The molecule has 0 fully saturated rings. The first-order valence-corrected chi connectivity index (χ1v) is 48.1. The smallest absolute Gasteiger partial charge is 0.410 e. The number of aryl methyl sites for hydroxylation is 1. The van der Waals surface area contributed by atoms with E-state index in [2.05, 4.69) is 89.1 Å². The number of methoxy groups -OCH3 is 3. The third kappa shape index (κ3) is 39.2. The summed E-state index contributed by atoms with van der Waals surface area (Å²) in [4.78, 5) is 154. The summed E-state index contributed by atoms with van der Waals surface area (Å²) < 4.78 is 43.2. The van der Waals surface area contributed by atoms with Gasteiger partial charge in [-0.15, -0.1) is 12.4 Å². The summed E-state index contributed by atoms with van der Waals surface area (Å²) in [7, 11) is 4.02. The first-order chi connectivity index (χ1) is 63.8. The molecule has 0 spiro atoms. The van der Waals surface area contributed by atoms with E-state index in [1.807, 2.05) is 185 Å². The van der Waals surface area contributed by atoms with Crippen LogP contribution in [0.25, 0.3) is 0 Å². The Labute approximate surface area is 839 Å². The van der Waals surface area contributed by atoms with Gasteiger partial charge in [-0.3, -0.25) is 33.6 Å². The summed E-state index contributed by atoms with van der Waals surface area (Å²) in [5.74, 6) is -2.44. The van der Waals surface area contributed by atoms with E-state index in [4.69, 9.17) is 34.2 Å². The van der Waals surface area contributed by atoms with E-state index < -0.39 is 50.8 Å². The van der Waals surface area contributed by atoms with E-state index in [9.17, 15) is 62.6 Å². The minimum absolute atomic E-state index is 0. The highest BCUT2D eigenvalue weighted by Gasteiger charge is 2.37. The lowest BCUT2D eigenvalue weighted by Crippen LogP contribution is -2.43. The summed E-state index contributed by atoms with van der Waals surface area (Å²) in [6, 6.07) is 36.3. The molecule has 6 aromatic carbocycles. The summed E-state index contributed by atoms with van der Waals surface area (Å²) in [5, 5.41) is 12.6. The monoisotopic (exact) mass is 2060 g/mol. The summed E-state index contributed by atoms with van der Waals surface area (Å²) in [6.07, 6.45) is 6.31. The van der Waals surface area contributed by atoms with Crippen molar-refractivity contribution in [2.24, 2.45) is 16.6 Å². The number of fused-ring (bicyclic) bond motifs is 6. The third-order valence-electron chi connectivity index (χ3n) is 22.0. The van der Waals surface area contributed by atoms with E-state index in [0.717, 1.165) is 113 Å². The molecule has 6 heterocycles. The molecule has 760 valence electrons. The number of aldehydes is 1. The molecule has 6 aromatic rings. The van der Waals surface area contributed by atoms with Crippen LogP contribution in [0.3, 0.4) is 0 Å². The van der Waals surface area contributed by atoms with Crippen LogP contribution in [0.15, 0.2) is 118 Å². The normalized spacial score (nSPS) is 14.1. The average molecular weight is 2070 g/mol. The molecule has 0 atom stereocenters. The number of amides is 7. The lowest BCUT2D eigenvalue weighted by Gasteiger charge is -2.34. The molecule has 0 radical (unpaired) electrons. The van der Waals surface area contributed by atoms with Crippen LogP contribution in [0.1, 0.15) is 252 Å². The highest BCUT2D eigenvalue weighted by Crippen LogP contribution is 2.34. The quantitative estimate of drug-likeness (QED) is 0.0518. The van der Waals surface area contributed by atoms with Crippen molar-refractivity contribution in [3.8, 4) is 0 Å². The van der Waals surface area contributed by atoms with Crippen LogP contribution in [0.4, 0.5) is 24.0 Å². The number of ether oxygens (including phenoxy) is 8. The number of carbonyl (C=O) groups is 12. The van der Waals surface area contributed by atoms with Gasteiger partial charge >= 0.3 is 54.3 Å². The van der Waals surface area contributed by atoms with Gasteiger partial charge in [0.1, 0.15) is 47.4 Å². The minimum Gasteiger partial charge on any atom is -0.480 e. The van der Waals surface area contributed by atoms with Crippen molar-refractivity contribution in [3.05, 3.63) is 207 Å². The van der Waals surface area contributed by atoms with Crippen LogP contribution >= 0.6 is 44.3 Å². The summed E-state index contributed by atoms with van der Waals surface area (Å²) >= 11 is 7.08. The van der Waals surface area contributed by atoms with Crippen molar-refractivity contribution in [2.45, 2.75) is 284 Å². The Bertz CT molecular complexity index is 5170. The molecule has 6 aliphatic heterocycles. The van der Waals surface area contributed by atoms with Crippen LogP contribution in [-0.4, -0.2) is 220 Å².